The summed E-state index contributed by atoms with van der Waals surface area (Å²) >= 11 is 0. The first-order valence-electron chi connectivity index (χ1n) is 18.5. The first kappa shape index (κ1) is 43.5. The van der Waals surface area contributed by atoms with Crippen LogP contribution in [0.3, 0.4) is 0 Å². The Morgan fingerprint density at radius 3 is 1.47 bits per heavy atom. The van der Waals surface area contributed by atoms with Crippen LogP contribution < -0.4 is 10.4 Å². The fourth-order valence-electron chi connectivity index (χ4n) is 6.06. The normalized spacial score (nSPS) is 17.7. The van der Waals surface area contributed by atoms with Crippen LogP contribution in [0.2, 0.25) is 41.3 Å². The molecule has 0 fully saturated rings. The van der Waals surface area contributed by atoms with E-state index < -0.39 is 30.6 Å². The predicted octanol–water partition coefficient (Wildman–Crippen LogP) is 10.9. The Morgan fingerprint density at radius 2 is 1.08 bits per heavy atom. The minimum absolute atomic E-state index is 0.0101. The second kappa shape index (κ2) is 16.4. The van der Waals surface area contributed by atoms with E-state index in [0.29, 0.717) is 0 Å². The van der Waals surface area contributed by atoms with Crippen LogP contribution in [0.15, 0.2) is 72.8 Å². The molecule has 0 aliphatic rings. The van der Waals surface area contributed by atoms with Crippen LogP contribution in [0.25, 0.3) is 0 Å². The highest BCUT2D eigenvalue weighted by molar-refractivity contribution is 6.99. The molecule has 0 heterocycles. The van der Waals surface area contributed by atoms with Gasteiger partial charge in [0.25, 0.3) is 8.32 Å². The molecule has 0 N–H and O–H groups in total. The average molecular weight is 725 g/mol. The van der Waals surface area contributed by atoms with E-state index in [9.17, 15) is 4.79 Å². The SMILES string of the molecule is C[C@H](O[Si](c1ccccc1)(c1ccccc1)C(C)(C)C)[C@@H](C)C[C@@H](O[Si](C)(C)C(C)(C)C)[C@@H](C)C/C=C/[C@](C)(C=O)O[Si](C)(C)C(C)(C)C. The molecule has 2 rings (SSSR count). The van der Waals surface area contributed by atoms with E-state index in [1.165, 1.54) is 10.4 Å². The molecule has 0 radical (unpaired) electrons. The molecule has 0 saturated heterocycles. The number of carbonyl (C=O) groups excluding carboxylic acids is 1. The molecular formula is C42H72O4Si3. The third kappa shape index (κ3) is 10.9. The average Bonchev–Trinajstić information content (AvgIpc) is 2.98. The minimum atomic E-state index is -2.70. The van der Waals surface area contributed by atoms with Crippen LogP contribution in [0, 0.1) is 11.8 Å². The van der Waals surface area contributed by atoms with Crippen molar-refractivity contribution in [2.75, 3.05) is 0 Å². The number of hydrogen-bond acceptors (Lipinski definition) is 4. The van der Waals surface area contributed by atoms with Gasteiger partial charge in [-0.3, -0.25) is 4.79 Å². The second-order valence-corrected chi connectivity index (χ2v) is 32.6. The summed E-state index contributed by atoms with van der Waals surface area (Å²) in [5, 5.41) is 2.63. The molecule has 2 aromatic rings. The third-order valence-electron chi connectivity index (χ3n) is 11.5. The third-order valence-corrected chi connectivity index (χ3v) is 25.7. The number of aldehydes is 1. The van der Waals surface area contributed by atoms with Crippen LogP contribution in [0.1, 0.15) is 103 Å². The molecule has 2 aromatic carbocycles. The molecule has 0 aliphatic heterocycles. The Kier molecular flexibility index (Phi) is 14.5. The quantitative estimate of drug-likeness (QED) is 0.0982. The van der Waals surface area contributed by atoms with Crippen molar-refractivity contribution >= 4 is 41.6 Å². The Hall–Kier alpha value is -1.62. The second-order valence-electron chi connectivity index (χ2n) is 18.9. The predicted molar refractivity (Wildman–Crippen MR) is 220 cm³/mol. The Bertz CT molecular complexity index is 1300. The highest BCUT2D eigenvalue weighted by Gasteiger charge is 2.51. The first-order valence-corrected chi connectivity index (χ1v) is 26.3. The summed E-state index contributed by atoms with van der Waals surface area (Å²) < 4.78 is 21.4. The summed E-state index contributed by atoms with van der Waals surface area (Å²) in [5.41, 5.74) is -0.941. The topological polar surface area (TPSA) is 44.8 Å². The lowest BCUT2D eigenvalue weighted by atomic mass is 9.90. The summed E-state index contributed by atoms with van der Waals surface area (Å²) in [7, 11) is -6.92. The van der Waals surface area contributed by atoms with E-state index in [4.69, 9.17) is 13.3 Å². The van der Waals surface area contributed by atoms with E-state index in [-0.39, 0.29) is 39.2 Å². The van der Waals surface area contributed by atoms with Crippen molar-refractivity contribution in [1.29, 1.82) is 0 Å². The molecule has 0 aromatic heterocycles. The molecule has 276 valence electrons. The molecule has 0 bridgehead atoms. The van der Waals surface area contributed by atoms with Gasteiger partial charge in [0.15, 0.2) is 22.9 Å². The zero-order valence-corrected chi connectivity index (χ0v) is 37.4. The highest BCUT2D eigenvalue weighted by Crippen LogP contribution is 2.42. The van der Waals surface area contributed by atoms with Gasteiger partial charge in [0.2, 0.25) is 0 Å². The summed E-state index contributed by atoms with van der Waals surface area (Å²) in [6, 6.07) is 21.8. The van der Waals surface area contributed by atoms with Crippen molar-refractivity contribution in [3.05, 3.63) is 72.8 Å². The monoisotopic (exact) mass is 724 g/mol. The molecule has 0 amide bonds. The summed E-state index contributed by atoms with van der Waals surface area (Å²) in [6.45, 7) is 38.5. The molecule has 0 spiro atoms. The molecule has 5 atom stereocenters. The summed E-state index contributed by atoms with van der Waals surface area (Å²) in [4.78, 5) is 12.4. The van der Waals surface area contributed by atoms with Gasteiger partial charge in [-0.2, -0.15) is 0 Å². The van der Waals surface area contributed by atoms with Gasteiger partial charge in [0.1, 0.15) is 5.60 Å². The number of carbonyl (C=O) groups is 1. The van der Waals surface area contributed by atoms with Gasteiger partial charge in [-0.25, -0.2) is 0 Å². The smallest absolute Gasteiger partial charge is 0.261 e. The molecular weight excluding hydrogens is 653 g/mol. The van der Waals surface area contributed by atoms with Gasteiger partial charge in [-0.05, 0) is 90.2 Å². The van der Waals surface area contributed by atoms with Crippen LogP contribution in [-0.4, -0.2) is 49.0 Å². The number of benzene rings is 2. The minimum Gasteiger partial charge on any atom is -0.414 e. The van der Waals surface area contributed by atoms with E-state index >= 15 is 0 Å². The Balaban J connectivity index is 2.45. The van der Waals surface area contributed by atoms with E-state index in [1.807, 2.05) is 13.0 Å². The van der Waals surface area contributed by atoms with Crippen LogP contribution >= 0.6 is 0 Å². The lowest BCUT2D eigenvalue weighted by Crippen LogP contribution is -2.68. The van der Waals surface area contributed by atoms with Crippen molar-refractivity contribution < 1.29 is 18.1 Å². The van der Waals surface area contributed by atoms with Crippen LogP contribution in [0.5, 0.6) is 0 Å². The highest BCUT2D eigenvalue weighted by atomic mass is 28.4. The maximum atomic E-state index is 12.4. The van der Waals surface area contributed by atoms with Crippen molar-refractivity contribution in [3.8, 4) is 0 Å². The molecule has 4 nitrogen and oxygen atoms in total. The number of rotatable bonds is 16. The van der Waals surface area contributed by atoms with E-state index in [1.54, 1.807) is 0 Å². The van der Waals surface area contributed by atoms with E-state index in [2.05, 4.69) is 176 Å². The van der Waals surface area contributed by atoms with Gasteiger partial charge in [0, 0.05) is 12.2 Å². The summed E-state index contributed by atoms with van der Waals surface area (Å²) in [5.74, 6) is 0.502. The van der Waals surface area contributed by atoms with Crippen LogP contribution in [-0.2, 0) is 18.1 Å². The van der Waals surface area contributed by atoms with Gasteiger partial charge in [0.05, 0.1) is 0 Å². The first-order chi connectivity index (χ1) is 22.2. The summed E-state index contributed by atoms with van der Waals surface area (Å²) in [6.07, 6.45) is 6.86. The fourth-order valence-corrected chi connectivity index (χ4v) is 13.8. The Morgan fingerprint density at radius 1 is 0.633 bits per heavy atom. The van der Waals surface area contributed by atoms with Gasteiger partial charge in [-0.15, -0.1) is 0 Å². The zero-order chi connectivity index (χ0) is 37.7. The number of allylic oxidation sites excluding steroid dienone is 1. The van der Waals surface area contributed by atoms with Gasteiger partial charge >= 0.3 is 0 Å². The van der Waals surface area contributed by atoms with Crippen molar-refractivity contribution in [2.24, 2.45) is 11.8 Å². The van der Waals surface area contributed by atoms with Crippen molar-refractivity contribution in [2.45, 2.75) is 162 Å². The Labute approximate surface area is 305 Å². The maximum absolute atomic E-state index is 12.4. The van der Waals surface area contributed by atoms with Gasteiger partial charge in [-0.1, -0.05) is 149 Å². The standard InChI is InChI=1S/C42H72O4Si3/c1-33(25-24-30-42(13,32-43)46-48(16,17)40(7,8)9)38(45-47(14,15)39(4,5)6)31-34(2)35(3)44-49(41(10,11)12,36-26-20-18-21-27-36)37-28-22-19-23-29-37/h18-24,26-30,32-35,38H,25,31H2,1-17H3/b30-24+/t33-,34-,35-,38+,42+/m0/s1. The van der Waals surface area contributed by atoms with Crippen LogP contribution in [0.4, 0.5) is 0 Å². The molecule has 7 heteroatoms. The molecule has 0 unspecified atom stereocenters. The maximum Gasteiger partial charge on any atom is 0.261 e. The van der Waals surface area contributed by atoms with E-state index in [0.717, 1.165) is 19.1 Å². The number of hydrogen-bond donors (Lipinski definition) is 0. The van der Waals surface area contributed by atoms with Gasteiger partial charge < -0.3 is 13.3 Å². The molecule has 0 aliphatic carbocycles. The van der Waals surface area contributed by atoms with Crippen molar-refractivity contribution in [3.63, 3.8) is 0 Å². The van der Waals surface area contributed by atoms with Crippen molar-refractivity contribution in [1.82, 2.24) is 0 Å². The fraction of sp³-hybridized carbons (Fsp3) is 0.643. The zero-order valence-electron chi connectivity index (χ0n) is 34.4. The molecule has 49 heavy (non-hydrogen) atoms. The lowest BCUT2D eigenvalue weighted by Gasteiger charge is -2.46. The molecule has 0 saturated carbocycles. The lowest BCUT2D eigenvalue weighted by molar-refractivity contribution is -0.117. The largest absolute Gasteiger partial charge is 0.414 e.